The minimum atomic E-state index is 0.0186. The largest absolute Gasteiger partial charge is 0.496 e. The van der Waals surface area contributed by atoms with Crippen LogP contribution in [0.1, 0.15) is 15.9 Å². The van der Waals surface area contributed by atoms with E-state index in [-0.39, 0.29) is 5.91 Å². The van der Waals surface area contributed by atoms with E-state index in [0.29, 0.717) is 24.3 Å². The highest BCUT2D eigenvalue weighted by atomic mass is 16.5. The SMILES string of the molecule is COc1ccccc1CN1CCN(C(=O)c2ccccc2N)CC1. The van der Waals surface area contributed by atoms with Crippen LogP contribution in [0, 0.1) is 0 Å². The van der Waals surface area contributed by atoms with Gasteiger partial charge >= 0.3 is 0 Å². The summed E-state index contributed by atoms with van der Waals surface area (Å²) < 4.78 is 5.41. The van der Waals surface area contributed by atoms with Gasteiger partial charge in [-0.1, -0.05) is 30.3 Å². The number of amides is 1. The van der Waals surface area contributed by atoms with Crippen LogP contribution in [-0.2, 0) is 6.54 Å². The van der Waals surface area contributed by atoms with Crippen LogP contribution in [0.2, 0.25) is 0 Å². The smallest absolute Gasteiger partial charge is 0.256 e. The predicted molar refractivity (Wildman–Crippen MR) is 95.0 cm³/mol. The molecule has 1 heterocycles. The van der Waals surface area contributed by atoms with Crippen molar-refractivity contribution in [3.63, 3.8) is 0 Å². The van der Waals surface area contributed by atoms with Gasteiger partial charge < -0.3 is 15.4 Å². The van der Waals surface area contributed by atoms with Gasteiger partial charge in [0.2, 0.25) is 0 Å². The number of rotatable bonds is 4. The Bertz CT molecular complexity index is 709. The van der Waals surface area contributed by atoms with E-state index in [0.717, 1.165) is 25.4 Å². The highest BCUT2D eigenvalue weighted by Crippen LogP contribution is 2.21. The molecule has 5 nitrogen and oxygen atoms in total. The van der Waals surface area contributed by atoms with E-state index in [9.17, 15) is 4.79 Å². The third-order valence-corrected chi connectivity index (χ3v) is 4.44. The zero-order chi connectivity index (χ0) is 16.9. The van der Waals surface area contributed by atoms with Crippen LogP contribution in [0.15, 0.2) is 48.5 Å². The van der Waals surface area contributed by atoms with Crippen LogP contribution >= 0.6 is 0 Å². The minimum absolute atomic E-state index is 0.0186. The number of carbonyl (C=O) groups excluding carboxylic acids is 1. The molecule has 24 heavy (non-hydrogen) atoms. The molecule has 2 aromatic carbocycles. The van der Waals surface area contributed by atoms with Crippen molar-refractivity contribution in [2.24, 2.45) is 0 Å². The second-order valence-electron chi connectivity index (χ2n) is 5.97. The van der Waals surface area contributed by atoms with Crippen molar-refractivity contribution in [1.82, 2.24) is 9.80 Å². The van der Waals surface area contributed by atoms with Crippen molar-refractivity contribution in [2.45, 2.75) is 6.54 Å². The molecule has 0 unspecified atom stereocenters. The normalized spacial score (nSPS) is 15.3. The number of anilines is 1. The molecule has 1 saturated heterocycles. The van der Waals surface area contributed by atoms with E-state index < -0.39 is 0 Å². The van der Waals surface area contributed by atoms with E-state index in [1.807, 2.05) is 35.2 Å². The number of piperazine rings is 1. The molecule has 1 aliphatic heterocycles. The second kappa shape index (κ2) is 7.36. The summed E-state index contributed by atoms with van der Waals surface area (Å²) in [7, 11) is 1.69. The lowest BCUT2D eigenvalue weighted by molar-refractivity contribution is 0.0628. The topological polar surface area (TPSA) is 58.8 Å². The average molecular weight is 325 g/mol. The lowest BCUT2D eigenvalue weighted by Crippen LogP contribution is -2.48. The van der Waals surface area contributed by atoms with Crippen LogP contribution in [0.3, 0.4) is 0 Å². The first-order valence-corrected chi connectivity index (χ1v) is 8.17. The maximum Gasteiger partial charge on any atom is 0.256 e. The second-order valence-corrected chi connectivity index (χ2v) is 5.97. The number of nitrogens with zero attached hydrogens (tertiary/aromatic N) is 2. The number of nitrogen functional groups attached to an aromatic ring is 1. The average Bonchev–Trinajstić information content (AvgIpc) is 2.63. The number of benzene rings is 2. The van der Waals surface area contributed by atoms with Crippen LogP contribution in [-0.4, -0.2) is 49.0 Å². The number of ether oxygens (including phenoxy) is 1. The molecule has 1 amide bonds. The van der Waals surface area contributed by atoms with Gasteiger partial charge in [0.15, 0.2) is 0 Å². The lowest BCUT2D eigenvalue weighted by Gasteiger charge is -2.35. The summed E-state index contributed by atoms with van der Waals surface area (Å²) in [5, 5.41) is 0. The molecule has 126 valence electrons. The molecule has 0 spiro atoms. The van der Waals surface area contributed by atoms with Crippen LogP contribution < -0.4 is 10.5 Å². The molecular formula is C19H23N3O2. The van der Waals surface area contributed by atoms with Gasteiger partial charge in [-0.2, -0.15) is 0 Å². The molecule has 3 rings (SSSR count). The summed E-state index contributed by atoms with van der Waals surface area (Å²) >= 11 is 0. The summed E-state index contributed by atoms with van der Waals surface area (Å²) in [5.74, 6) is 0.929. The van der Waals surface area contributed by atoms with Crippen molar-refractivity contribution in [3.8, 4) is 5.75 Å². The highest BCUT2D eigenvalue weighted by Gasteiger charge is 2.23. The summed E-state index contributed by atoms with van der Waals surface area (Å²) in [6.07, 6.45) is 0. The van der Waals surface area contributed by atoms with E-state index in [4.69, 9.17) is 10.5 Å². The molecule has 0 atom stereocenters. The number of para-hydroxylation sites is 2. The maximum absolute atomic E-state index is 12.6. The standard InChI is InChI=1S/C19H23N3O2/c1-24-18-9-5-2-6-15(18)14-21-10-12-22(13-11-21)19(23)16-7-3-4-8-17(16)20/h2-9H,10-14,20H2,1H3. The number of hydrogen-bond acceptors (Lipinski definition) is 4. The summed E-state index contributed by atoms with van der Waals surface area (Å²) in [4.78, 5) is 16.8. The molecule has 0 aliphatic carbocycles. The molecule has 2 aromatic rings. The fraction of sp³-hybridized carbons (Fsp3) is 0.316. The Labute approximate surface area is 142 Å². The van der Waals surface area contributed by atoms with E-state index in [1.54, 1.807) is 19.2 Å². The monoisotopic (exact) mass is 325 g/mol. The van der Waals surface area contributed by atoms with Crippen molar-refractivity contribution in [1.29, 1.82) is 0 Å². The summed E-state index contributed by atoms with van der Waals surface area (Å²) in [6.45, 7) is 3.94. The van der Waals surface area contributed by atoms with Crippen LogP contribution in [0.4, 0.5) is 5.69 Å². The molecule has 2 N–H and O–H groups in total. The van der Waals surface area contributed by atoms with Gasteiger partial charge in [0.25, 0.3) is 5.91 Å². The van der Waals surface area contributed by atoms with Gasteiger partial charge in [0.1, 0.15) is 5.75 Å². The van der Waals surface area contributed by atoms with Crippen LogP contribution in [0.5, 0.6) is 5.75 Å². The number of hydrogen-bond donors (Lipinski definition) is 1. The molecule has 5 heteroatoms. The first-order chi connectivity index (χ1) is 11.7. The number of methoxy groups -OCH3 is 1. The Kier molecular flexibility index (Phi) is 5.01. The Morgan fingerprint density at radius 3 is 2.42 bits per heavy atom. The summed E-state index contributed by atoms with van der Waals surface area (Å²) in [6, 6.07) is 15.3. The van der Waals surface area contributed by atoms with Crippen molar-refractivity contribution < 1.29 is 9.53 Å². The predicted octanol–water partition coefficient (Wildman–Crippen LogP) is 2.24. The fourth-order valence-corrected chi connectivity index (χ4v) is 3.05. The maximum atomic E-state index is 12.6. The van der Waals surface area contributed by atoms with Crippen molar-refractivity contribution in [2.75, 3.05) is 39.0 Å². The Balaban J connectivity index is 1.60. The van der Waals surface area contributed by atoms with E-state index in [1.165, 1.54) is 5.56 Å². The third kappa shape index (κ3) is 3.51. The van der Waals surface area contributed by atoms with E-state index in [2.05, 4.69) is 11.0 Å². The Morgan fingerprint density at radius 2 is 1.71 bits per heavy atom. The number of nitrogens with two attached hydrogens (primary N) is 1. The minimum Gasteiger partial charge on any atom is -0.496 e. The molecule has 0 aromatic heterocycles. The van der Waals surface area contributed by atoms with Gasteiger partial charge in [-0.15, -0.1) is 0 Å². The van der Waals surface area contributed by atoms with Crippen LogP contribution in [0.25, 0.3) is 0 Å². The zero-order valence-corrected chi connectivity index (χ0v) is 13.9. The Morgan fingerprint density at radius 1 is 1.04 bits per heavy atom. The molecule has 0 bridgehead atoms. The molecule has 0 saturated carbocycles. The molecule has 1 aliphatic rings. The molecule has 1 fully saturated rings. The first-order valence-electron chi connectivity index (χ1n) is 8.17. The van der Waals surface area contributed by atoms with Gasteiger partial charge in [0, 0.05) is 44.0 Å². The highest BCUT2D eigenvalue weighted by molar-refractivity contribution is 5.99. The van der Waals surface area contributed by atoms with Gasteiger partial charge in [-0.25, -0.2) is 0 Å². The molecular weight excluding hydrogens is 302 g/mol. The fourth-order valence-electron chi connectivity index (χ4n) is 3.05. The third-order valence-electron chi connectivity index (χ3n) is 4.44. The van der Waals surface area contributed by atoms with Gasteiger partial charge in [0.05, 0.1) is 12.7 Å². The number of carbonyl (C=O) groups is 1. The van der Waals surface area contributed by atoms with Crippen molar-refractivity contribution in [3.05, 3.63) is 59.7 Å². The summed E-state index contributed by atoms with van der Waals surface area (Å²) in [5.41, 5.74) is 8.22. The van der Waals surface area contributed by atoms with Gasteiger partial charge in [-0.05, 0) is 18.2 Å². The zero-order valence-electron chi connectivity index (χ0n) is 13.9. The van der Waals surface area contributed by atoms with E-state index >= 15 is 0 Å². The first kappa shape index (κ1) is 16.3. The van der Waals surface area contributed by atoms with Gasteiger partial charge in [-0.3, -0.25) is 9.69 Å². The quantitative estimate of drug-likeness (QED) is 0.876. The lowest BCUT2D eigenvalue weighted by atomic mass is 10.1. The van der Waals surface area contributed by atoms with Crippen molar-refractivity contribution >= 4 is 11.6 Å². The Hall–Kier alpha value is -2.53. The molecule has 0 radical (unpaired) electrons.